The van der Waals surface area contributed by atoms with Crippen LogP contribution in [-0.4, -0.2) is 25.1 Å². The summed E-state index contributed by atoms with van der Waals surface area (Å²) in [6.07, 6.45) is 0. The van der Waals surface area contributed by atoms with Crippen molar-refractivity contribution in [1.82, 2.24) is 4.90 Å². The lowest BCUT2D eigenvalue weighted by Gasteiger charge is -2.35. The van der Waals surface area contributed by atoms with Crippen molar-refractivity contribution in [3.8, 4) is 11.8 Å². The molecule has 0 radical (unpaired) electrons. The molecule has 0 unspecified atom stereocenters. The monoisotopic (exact) mass is 202 g/mol. The van der Waals surface area contributed by atoms with Crippen LogP contribution in [-0.2, 0) is 6.54 Å². The van der Waals surface area contributed by atoms with Crippen LogP contribution in [0.4, 0.5) is 0 Å². The molecule has 0 aliphatic carbocycles. The Labute approximate surface area is 89.9 Å². The Balaban J connectivity index is 1.87. The highest BCUT2D eigenvalue weighted by Crippen LogP contribution is 2.19. The van der Waals surface area contributed by atoms with Crippen LogP contribution in [0.5, 0.6) is 5.75 Å². The molecule has 0 N–H and O–H groups in total. The lowest BCUT2D eigenvalue weighted by Crippen LogP contribution is -2.45. The molecule has 1 aromatic carbocycles. The Hall–Kier alpha value is -1.53. The highest BCUT2D eigenvalue weighted by Gasteiger charge is 2.25. The second kappa shape index (κ2) is 4.33. The number of methoxy groups -OCH3 is 1. The molecule has 0 atom stereocenters. The van der Waals surface area contributed by atoms with Crippen molar-refractivity contribution < 1.29 is 4.74 Å². The number of likely N-dealkylation sites (tertiary alicyclic amines) is 1. The van der Waals surface area contributed by atoms with E-state index in [0.717, 1.165) is 25.4 Å². The number of nitriles is 1. The number of nitrogens with zero attached hydrogens (tertiary/aromatic N) is 2. The molecule has 0 spiro atoms. The first-order chi connectivity index (χ1) is 7.31. The lowest BCUT2D eigenvalue weighted by atomic mass is 10.0. The molecule has 78 valence electrons. The molecule has 1 heterocycles. The topological polar surface area (TPSA) is 36.3 Å². The highest BCUT2D eigenvalue weighted by atomic mass is 16.5. The Morgan fingerprint density at radius 2 is 2.07 bits per heavy atom. The molecular weight excluding hydrogens is 188 g/mol. The van der Waals surface area contributed by atoms with E-state index in [4.69, 9.17) is 10.00 Å². The van der Waals surface area contributed by atoms with Gasteiger partial charge in [0.25, 0.3) is 0 Å². The fraction of sp³-hybridized carbons (Fsp3) is 0.417. The van der Waals surface area contributed by atoms with Gasteiger partial charge in [0.05, 0.1) is 19.1 Å². The Kier molecular flexibility index (Phi) is 2.89. The van der Waals surface area contributed by atoms with Gasteiger partial charge in [-0.25, -0.2) is 0 Å². The number of rotatable bonds is 3. The first-order valence-corrected chi connectivity index (χ1v) is 5.06. The van der Waals surface area contributed by atoms with Crippen LogP contribution in [0.15, 0.2) is 24.3 Å². The first-order valence-electron chi connectivity index (χ1n) is 5.06. The quantitative estimate of drug-likeness (QED) is 0.747. The molecule has 3 heteroatoms. The molecule has 1 saturated heterocycles. The molecule has 1 aliphatic rings. The lowest BCUT2D eigenvalue weighted by molar-refractivity contribution is 0.127. The van der Waals surface area contributed by atoms with Crippen LogP contribution < -0.4 is 4.74 Å². The largest absolute Gasteiger partial charge is 0.497 e. The van der Waals surface area contributed by atoms with Gasteiger partial charge in [0.15, 0.2) is 0 Å². The predicted octanol–water partition coefficient (Wildman–Crippen LogP) is 1.65. The number of hydrogen-bond donors (Lipinski definition) is 0. The maximum atomic E-state index is 8.64. The third kappa shape index (κ3) is 2.28. The SMILES string of the molecule is COc1ccc(CN2CC(C#N)C2)cc1. The summed E-state index contributed by atoms with van der Waals surface area (Å²) >= 11 is 0. The predicted molar refractivity (Wildman–Crippen MR) is 57.4 cm³/mol. The zero-order valence-electron chi connectivity index (χ0n) is 8.81. The average molecular weight is 202 g/mol. The first kappa shape index (κ1) is 10.0. The number of benzene rings is 1. The summed E-state index contributed by atoms with van der Waals surface area (Å²) in [4.78, 5) is 2.27. The molecule has 15 heavy (non-hydrogen) atoms. The molecule has 0 aromatic heterocycles. The highest BCUT2D eigenvalue weighted by molar-refractivity contribution is 5.27. The molecule has 0 saturated carbocycles. The fourth-order valence-electron chi connectivity index (χ4n) is 1.77. The average Bonchev–Trinajstić information content (AvgIpc) is 2.23. The van der Waals surface area contributed by atoms with E-state index in [9.17, 15) is 0 Å². The van der Waals surface area contributed by atoms with Gasteiger partial charge in [-0.1, -0.05) is 12.1 Å². The van der Waals surface area contributed by atoms with Crippen LogP contribution >= 0.6 is 0 Å². The summed E-state index contributed by atoms with van der Waals surface area (Å²) in [6, 6.07) is 10.3. The minimum Gasteiger partial charge on any atom is -0.497 e. The van der Waals surface area contributed by atoms with Gasteiger partial charge in [0, 0.05) is 19.6 Å². The molecule has 2 rings (SSSR count). The van der Waals surface area contributed by atoms with E-state index in [1.807, 2.05) is 12.1 Å². The van der Waals surface area contributed by atoms with Gasteiger partial charge in [-0.2, -0.15) is 5.26 Å². The smallest absolute Gasteiger partial charge is 0.118 e. The van der Waals surface area contributed by atoms with Crippen molar-refractivity contribution in [3.05, 3.63) is 29.8 Å². The number of ether oxygens (including phenoxy) is 1. The summed E-state index contributed by atoms with van der Waals surface area (Å²) < 4.78 is 5.09. The van der Waals surface area contributed by atoms with Crippen LogP contribution in [0.1, 0.15) is 5.56 Å². The summed E-state index contributed by atoms with van der Waals surface area (Å²) in [5.74, 6) is 1.13. The van der Waals surface area contributed by atoms with E-state index in [1.54, 1.807) is 7.11 Å². The van der Waals surface area contributed by atoms with Crippen molar-refractivity contribution in [2.45, 2.75) is 6.54 Å². The Bertz CT molecular complexity index is 360. The zero-order chi connectivity index (χ0) is 10.7. The van der Waals surface area contributed by atoms with Crippen molar-refractivity contribution in [1.29, 1.82) is 5.26 Å². The minimum atomic E-state index is 0.239. The third-order valence-corrected chi connectivity index (χ3v) is 2.70. The van der Waals surface area contributed by atoms with E-state index in [-0.39, 0.29) is 5.92 Å². The third-order valence-electron chi connectivity index (χ3n) is 2.70. The van der Waals surface area contributed by atoms with Gasteiger partial charge in [-0.05, 0) is 17.7 Å². The van der Waals surface area contributed by atoms with Gasteiger partial charge in [-0.15, -0.1) is 0 Å². The van der Waals surface area contributed by atoms with Crippen LogP contribution in [0.3, 0.4) is 0 Å². The van der Waals surface area contributed by atoms with Gasteiger partial charge >= 0.3 is 0 Å². The molecule has 3 nitrogen and oxygen atoms in total. The van der Waals surface area contributed by atoms with Crippen LogP contribution in [0.2, 0.25) is 0 Å². The van der Waals surface area contributed by atoms with Crippen LogP contribution in [0.25, 0.3) is 0 Å². The van der Waals surface area contributed by atoms with E-state index in [2.05, 4.69) is 23.1 Å². The molecule has 1 aliphatic heterocycles. The normalized spacial score (nSPS) is 16.8. The summed E-state index contributed by atoms with van der Waals surface area (Å²) in [6.45, 7) is 2.74. The summed E-state index contributed by atoms with van der Waals surface area (Å²) in [5, 5.41) is 8.64. The van der Waals surface area contributed by atoms with E-state index in [1.165, 1.54) is 5.56 Å². The molecule has 1 aromatic rings. The molecule has 0 amide bonds. The van der Waals surface area contributed by atoms with Crippen molar-refractivity contribution >= 4 is 0 Å². The van der Waals surface area contributed by atoms with E-state index >= 15 is 0 Å². The summed E-state index contributed by atoms with van der Waals surface area (Å²) in [7, 11) is 1.67. The van der Waals surface area contributed by atoms with Crippen molar-refractivity contribution in [2.24, 2.45) is 5.92 Å². The van der Waals surface area contributed by atoms with E-state index < -0.39 is 0 Å². The van der Waals surface area contributed by atoms with Crippen molar-refractivity contribution in [3.63, 3.8) is 0 Å². The summed E-state index contributed by atoms with van der Waals surface area (Å²) in [5.41, 5.74) is 1.27. The van der Waals surface area contributed by atoms with Crippen molar-refractivity contribution in [2.75, 3.05) is 20.2 Å². The standard InChI is InChI=1S/C12H14N2O/c1-15-12-4-2-10(3-5-12)7-14-8-11(6-13)9-14/h2-5,11H,7-9H2,1H3. The zero-order valence-corrected chi connectivity index (χ0v) is 8.81. The number of hydrogen-bond acceptors (Lipinski definition) is 3. The van der Waals surface area contributed by atoms with E-state index in [0.29, 0.717) is 0 Å². The van der Waals surface area contributed by atoms with Crippen LogP contribution in [0, 0.1) is 17.2 Å². The Morgan fingerprint density at radius 3 is 2.60 bits per heavy atom. The fourth-order valence-corrected chi connectivity index (χ4v) is 1.77. The maximum Gasteiger partial charge on any atom is 0.118 e. The van der Waals surface area contributed by atoms with Gasteiger partial charge in [0.2, 0.25) is 0 Å². The van der Waals surface area contributed by atoms with Gasteiger partial charge in [-0.3, -0.25) is 4.90 Å². The molecule has 1 fully saturated rings. The second-order valence-electron chi connectivity index (χ2n) is 3.87. The molecular formula is C12H14N2O. The minimum absolute atomic E-state index is 0.239. The Morgan fingerprint density at radius 1 is 1.40 bits per heavy atom. The van der Waals surface area contributed by atoms with Gasteiger partial charge in [0.1, 0.15) is 5.75 Å². The second-order valence-corrected chi connectivity index (χ2v) is 3.87. The molecule has 0 bridgehead atoms. The van der Waals surface area contributed by atoms with Gasteiger partial charge < -0.3 is 4.74 Å². The maximum absolute atomic E-state index is 8.64.